The van der Waals surface area contributed by atoms with Gasteiger partial charge in [-0.25, -0.2) is 0 Å². The van der Waals surface area contributed by atoms with E-state index < -0.39 is 0 Å². The molecule has 1 unspecified atom stereocenters. The molecule has 1 atom stereocenters. The predicted molar refractivity (Wildman–Crippen MR) is 81.4 cm³/mol. The van der Waals surface area contributed by atoms with Crippen molar-refractivity contribution >= 4 is 5.91 Å². The molecule has 1 fully saturated rings. The molecule has 0 radical (unpaired) electrons. The van der Waals surface area contributed by atoms with E-state index >= 15 is 0 Å². The number of morpholine rings is 1. The molecule has 0 aromatic heterocycles. The Balaban J connectivity index is 1.41. The molecule has 0 saturated carbocycles. The number of amides is 1. The van der Waals surface area contributed by atoms with E-state index in [1.54, 1.807) is 0 Å². The van der Waals surface area contributed by atoms with Crippen LogP contribution in [-0.2, 0) is 16.0 Å². The number of carbonyl (C=O) groups excluding carboxylic acids is 1. The molecule has 2 aliphatic heterocycles. The normalized spacial score (nSPS) is 20.5. The molecule has 2 N–H and O–H groups in total. The average molecular weight is 306 g/mol. The quantitative estimate of drug-likeness (QED) is 0.829. The van der Waals surface area contributed by atoms with Gasteiger partial charge in [0, 0.05) is 19.6 Å². The van der Waals surface area contributed by atoms with E-state index in [4.69, 9.17) is 14.2 Å². The molecule has 120 valence electrons. The van der Waals surface area contributed by atoms with E-state index in [1.165, 1.54) is 0 Å². The van der Waals surface area contributed by atoms with Crippen molar-refractivity contribution in [2.75, 3.05) is 39.5 Å². The summed E-state index contributed by atoms with van der Waals surface area (Å²) in [6, 6.07) is 5.91. The van der Waals surface area contributed by atoms with Gasteiger partial charge in [-0.05, 0) is 24.1 Å². The second-order valence-corrected chi connectivity index (χ2v) is 5.48. The second-order valence-electron chi connectivity index (χ2n) is 5.48. The summed E-state index contributed by atoms with van der Waals surface area (Å²) in [6.07, 6.45) is 1.17. The van der Waals surface area contributed by atoms with Crippen LogP contribution in [-0.4, -0.2) is 51.5 Å². The standard InChI is InChI=1S/C16H22N2O4/c19-16(10-13-11-17-5-6-20-13)18-4-3-12-1-2-14-15(9-12)22-8-7-21-14/h1-2,9,13,17H,3-8,10-11H2,(H,18,19). The second kappa shape index (κ2) is 7.47. The Hall–Kier alpha value is -1.79. The van der Waals surface area contributed by atoms with Gasteiger partial charge in [0.1, 0.15) is 13.2 Å². The summed E-state index contributed by atoms with van der Waals surface area (Å²) in [4.78, 5) is 11.9. The average Bonchev–Trinajstić information content (AvgIpc) is 2.55. The van der Waals surface area contributed by atoms with Crippen molar-refractivity contribution in [3.8, 4) is 11.5 Å². The van der Waals surface area contributed by atoms with Crippen LogP contribution in [0.2, 0.25) is 0 Å². The highest BCUT2D eigenvalue weighted by atomic mass is 16.6. The fourth-order valence-corrected chi connectivity index (χ4v) is 2.62. The maximum Gasteiger partial charge on any atom is 0.222 e. The number of hydrogen-bond donors (Lipinski definition) is 2. The number of fused-ring (bicyclic) bond motifs is 1. The van der Waals surface area contributed by atoms with Gasteiger partial charge < -0.3 is 24.8 Å². The molecule has 0 bridgehead atoms. The lowest BCUT2D eigenvalue weighted by Crippen LogP contribution is -2.41. The van der Waals surface area contributed by atoms with Gasteiger partial charge in [0.05, 0.1) is 19.1 Å². The van der Waals surface area contributed by atoms with E-state index in [0.717, 1.165) is 36.6 Å². The van der Waals surface area contributed by atoms with Crippen molar-refractivity contribution < 1.29 is 19.0 Å². The highest BCUT2D eigenvalue weighted by molar-refractivity contribution is 5.76. The van der Waals surface area contributed by atoms with Crippen LogP contribution in [0.15, 0.2) is 18.2 Å². The van der Waals surface area contributed by atoms with E-state index in [-0.39, 0.29) is 12.0 Å². The molecule has 2 aliphatic rings. The molecule has 6 nitrogen and oxygen atoms in total. The first-order valence-corrected chi connectivity index (χ1v) is 7.79. The zero-order valence-corrected chi connectivity index (χ0v) is 12.6. The molecular formula is C16H22N2O4. The molecule has 22 heavy (non-hydrogen) atoms. The Labute approximate surface area is 130 Å². The molecule has 0 aliphatic carbocycles. The monoisotopic (exact) mass is 306 g/mol. The molecule has 1 aromatic rings. The first-order chi connectivity index (χ1) is 10.8. The maximum absolute atomic E-state index is 11.9. The summed E-state index contributed by atoms with van der Waals surface area (Å²) in [7, 11) is 0. The van der Waals surface area contributed by atoms with Crippen LogP contribution in [0.5, 0.6) is 11.5 Å². The molecule has 1 amide bonds. The summed E-state index contributed by atoms with van der Waals surface area (Å²) < 4.78 is 16.6. The Morgan fingerprint density at radius 3 is 2.91 bits per heavy atom. The van der Waals surface area contributed by atoms with Crippen molar-refractivity contribution in [2.45, 2.75) is 18.9 Å². The number of benzene rings is 1. The number of hydrogen-bond acceptors (Lipinski definition) is 5. The van der Waals surface area contributed by atoms with Crippen LogP contribution in [0.25, 0.3) is 0 Å². The minimum atomic E-state index is -0.0111. The molecule has 6 heteroatoms. The highest BCUT2D eigenvalue weighted by Gasteiger charge is 2.17. The number of nitrogens with one attached hydrogen (secondary N) is 2. The third-order valence-corrected chi connectivity index (χ3v) is 3.76. The number of rotatable bonds is 5. The van der Waals surface area contributed by atoms with Crippen LogP contribution in [0.3, 0.4) is 0 Å². The van der Waals surface area contributed by atoms with Crippen LogP contribution in [0, 0.1) is 0 Å². The number of carbonyl (C=O) groups is 1. The molecular weight excluding hydrogens is 284 g/mol. The van der Waals surface area contributed by atoms with Crippen LogP contribution in [0.4, 0.5) is 0 Å². The van der Waals surface area contributed by atoms with Crippen LogP contribution >= 0.6 is 0 Å². The predicted octanol–water partition coefficient (Wildman–Crippen LogP) is 0.495. The van der Waals surface area contributed by atoms with E-state index in [1.807, 2.05) is 18.2 Å². The fourth-order valence-electron chi connectivity index (χ4n) is 2.62. The Bertz CT molecular complexity index is 515. The molecule has 0 spiro atoms. The van der Waals surface area contributed by atoms with Gasteiger partial charge in [-0.15, -0.1) is 0 Å². The van der Waals surface area contributed by atoms with Gasteiger partial charge in [-0.1, -0.05) is 6.07 Å². The Morgan fingerprint density at radius 2 is 2.09 bits per heavy atom. The largest absolute Gasteiger partial charge is 0.486 e. The zero-order valence-electron chi connectivity index (χ0n) is 12.6. The van der Waals surface area contributed by atoms with Gasteiger partial charge in [0.2, 0.25) is 5.91 Å². The molecule has 1 saturated heterocycles. The minimum Gasteiger partial charge on any atom is -0.486 e. The van der Waals surface area contributed by atoms with Crippen LogP contribution < -0.4 is 20.1 Å². The SMILES string of the molecule is O=C(CC1CNCCO1)NCCc1ccc2c(c1)OCCO2. The first-order valence-electron chi connectivity index (χ1n) is 7.79. The van der Waals surface area contributed by atoms with Crippen molar-refractivity contribution in [1.82, 2.24) is 10.6 Å². The lowest BCUT2D eigenvalue weighted by molar-refractivity contribution is -0.124. The minimum absolute atomic E-state index is 0.0111. The lowest BCUT2D eigenvalue weighted by Gasteiger charge is -2.23. The highest BCUT2D eigenvalue weighted by Crippen LogP contribution is 2.30. The van der Waals surface area contributed by atoms with E-state index in [9.17, 15) is 4.79 Å². The van der Waals surface area contributed by atoms with Crippen molar-refractivity contribution in [1.29, 1.82) is 0 Å². The summed E-state index contributed by atoms with van der Waals surface area (Å²) in [5, 5.41) is 6.16. The van der Waals surface area contributed by atoms with Gasteiger partial charge >= 0.3 is 0 Å². The van der Waals surface area contributed by atoms with Gasteiger partial charge in [-0.2, -0.15) is 0 Å². The van der Waals surface area contributed by atoms with Crippen molar-refractivity contribution in [3.63, 3.8) is 0 Å². The van der Waals surface area contributed by atoms with Crippen molar-refractivity contribution in [3.05, 3.63) is 23.8 Å². The number of ether oxygens (including phenoxy) is 3. The topological polar surface area (TPSA) is 68.8 Å². The fraction of sp³-hybridized carbons (Fsp3) is 0.562. The van der Waals surface area contributed by atoms with Crippen molar-refractivity contribution in [2.24, 2.45) is 0 Å². The third-order valence-electron chi connectivity index (χ3n) is 3.76. The summed E-state index contributed by atoms with van der Waals surface area (Å²) in [5.41, 5.74) is 1.13. The van der Waals surface area contributed by atoms with Gasteiger partial charge in [0.25, 0.3) is 0 Å². The maximum atomic E-state index is 11.9. The Kier molecular flexibility index (Phi) is 5.13. The summed E-state index contributed by atoms with van der Waals surface area (Å²) in [5.74, 6) is 1.61. The summed E-state index contributed by atoms with van der Waals surface area (Å²) in [6.45, 7) is 4.08. The molecule has 2 heterocycles. The van der Waals surface area contributed by atoms with E-state index in [0.29, 0.717) is 32.8 Å². The van der Waals surface area contributed by atoms with Gasteiger partial charge in [-0.3, -0.25) is 4.79 Å². The van der Waals surface area contributed by atoms with Gasteiger partial charge in [0.15, 0.2) is 11.5 Å². The first kappa shape index (κ1) is 15.1. The molecule has 1 aromatic carbocycles. The van der Waals surface area contributed by atoms with Crippen LogP contribution in [0.1, 0.15) is 12.0 Å². The summed E-state index contributed by atoms with van der Waals surface area (Å²) >= 11 is 0. The smallest absolute Gasteiger partial charge is 0.222 e. The van der Waals surface area contributed by atoms with E-state index in [2.05, 4.69) is 10.6 Å². The zero-order chi connectivity index (χ0) is 15.2. The molecule has 3 rings (SSSR count). The third kappa shape index (κ3) is 4.11. The Morgan fingerprint density at radius 1 is 1.23 bits per heavy atom. The lowest BCUT2D eigenvalue weighted by atomic mass is 10.1.